The van der Waals surface area contributed by atoms with Crippen LogP contribution in [0.3, 0.4) is 0 Å². The summed E-state index contributed by atoms with van der Waals surface area (Å²) in [7, 11) is 1.66. The lowest BCUT2D eigenvalue weighted by Gasteiger charge is -2.24. The highest BCUT2D eigenvalue weighted by molar-refractivity contribution is 5.81. The smallest absolute Gasteiger partial charge is 0.138 e. The van der Waals surface area contributed by atoms with Gasteiger partial charge >= 0.3 is 0 Å². The van der Waals surface area contributed by atoms with Crippen LogP contribution < -0.4 is 0 Å². The molecule has 0 bridgehead atoms. The topological polar surface area (TPSA) is 26.3 Å². The Balaban J connectivity index is 2.62. The molecule has 2 nitrogen and oxygen atoms in total. The molecular weight excluding hydrogens is 152 g/mol. The fourth-order valence-electron chi connectivity index (χ4n) is 1.65. The Morgan fingerprint density at radius 3 is 3.00 bits per heavy atom. The maximum Gasteiger partial charge on any atom is 0.138 e. The summed E-state index contributed by atoms with van der Waals surface area (Å²) >= 11 is 0. The van der Waals surface area contributed by atoms with Gasteiger partial charge in [0.25, 0.3) is 0 Å². The maximum atomic E-state index is 11.4. The lowest BCUT2D eigenvalue weighted by atomic mass is 9.87. The number of methoxy groups -OCH3 is 1. The summed E-state index contributed by atoms with van der Waals surface area (Å²) in [5.74, 6) is 0.427. The molecule has 0 amide bonds. The molecule has 0 heterocycles. The average Bonchev–Trinajstić information content (AvgIpc) is 2.16. The van der Waals surface area contributed by atoms with Crippen molar-refractivity contribution in [2.45, 2.75) is 32.3 Å². The number of ether oxygens (including phenoxy) is 1. The Morgan fingerprint density at radius 1 is 1.67 bits per heavy atom. The van der Waals surface area contributed by atoms with Gasteiger partial charge in [-0.05, 0) is 12.8 Å². The average molecular weight is 168 g/mol. The van der Waals surface area contributed by atoms with Crippen LogP contribution in [0.5, 0.6) is 0 Å². The Morgan fingerprint density at radius 2 is 2.42 bits per heavy atom. The summed E-state index contributed by atoms with van der Waals surface area (Å²) in [4.78, 5) is 11.4. The van der Waals surface area contributed by atoms with E-state index in [1.807, 2.05) is 13.0 Å². The fourth-order valence-corrected chi connectivity index (χ4v) is 1.65. The normalized spacial score (nSPS) is 28.8. The van der Waals surface area contributed by atoms with Crippen LogP contribution in [0.4, 0.5) is 0 Å². The lowest BCUT2D eigenvalue weighted by Crippen LogP contribution is -2.29. The number of ketones is 1. The second-order valence-electron chi connectivity index (χ2n) is 3.13. The molecule has 0 aromatic rings. The SMILES string of the molecule is CCC(=O)[C@@H]1CCC=C[C@@H]1OC. The van der Waals surface area contributed by atoms with Gasteiger partial charge in [0, 0.05) is 19.4 Å². The molecule has 2 heteroatoms. The Hall–Kier alpha value is -0.630. The number of hydrogen-bond acceptors (Lipinski definition) is 2. The summed E-state index contributed by atoms with van der Waals surface area (Å²) < 4.78 is 5.22. The predicted octanol–water partition coefficient (Wildman–Crippen LogP) is 1.95. The van der Waals surface area contributed by atoms with Gasteiger partial charge in [0.1, 0.15) is 5.78 Å². The standard InChI is InChI=1S/C10H16O2/c1-3-9(11)8-6-4-5-7-10(8)12-2/h5,7-8,10H,3-4,6H2,1-2H3/t8-,10-/m0/s1. The summed E-state index contributed by atoms with van der Waals surface area (Å²) in [6.07, 6.45) is 6.69. The first kappa shape index (κ1) is 9.46. The van der Waals surface area contributed by atoms with E-state index in [-0.39, 0.29) is 12.0 Å². The van der Waals surface area contributed by atoms with E-state index in [9.17, 15) is 4.79 Å². The third-order valence-corrected chi connectivity index (χ3v) is 2.40. The van der Waals surface area contributed by atoms with Gasteiger partial charge in [-0.25, -0.2) is 0 Å². The second-order valence-corrected chi connectivity index (χ2v) is 3.13. The van der Waals surface area contributed by atoms with Crippen molar-refractivity contribution >= 4 is 5.78 Å². The molecule has 0 spiro atoms. The molecule has 0 aromatic heterocycles. The first-order chi connectivity index (χ1) is 5.79. The van der Waals surface area contributed by atoms with Crippen LogP contribution in [0.25, 0.3) is 0 Å². The highest BCUT2D eigenvalue weighted by Gasteiger charge is 2.26. The fraction of sp³-hybridized carbons (Fsp3) is 0.700. The zero-order chi connectivity index (χ0) is 8.97. The predicted molar refractivity (Wildman–Crippen MR) is 48.0 cm³/mol. The summed E-state index contributed by atoms with van der Waals surface area (Å²) in [5, 5.41) is 0. The number of carbonyl (C=O) groups excluding carboxylic acids is 1. The number of Topliss-reactive ketones (excluding diaryl/α,β-unsaturated/α-hetero) is 1. The molecule has 1 aliphatic carbocycles. The third kappa shape index (κ3) is 1.95. The van der Waals surface area contributed by atoms with Crippen LogP contribution >= 0.6 is 0 Å². The van der Waals surface area contributed by atoms with Crippen LogP contribution in [0.2, 0.25) is 0 Å². The highest BCUT2D eigenvalue weighted by atomic mass is 16.5. The number of carbonyl (C=O) groups is 1. The second kappa shape index (κ2) is 4.41. The minimum absolute atomic E-state index is 0.0196. The first-order valence-electron chi connectivity index (χ1n) is 4.51. The van der Waals surface area contributed by atoms with Crippen LogP contribution in [0, 0.1) is 5.92 Å². The van der Waals surface area contributed by atoms with E-state index in [2.05, 4.69) is 6.08 Å². The van der Waals surface area contributed by atoms with Crippen LogP contribution in [-0.4, -0.2) is 19.0 Å². The van der Waals surface area contributed by atoms with Gasteiger partial charge in [-0.2, -0.15) is 0 Å². The first-order valence-corrected chi connectivity index (χ1v) is 4.51. The maximum absolute atomic E-state index is 11.4. The van der Waals surface area contributed by atoms with Crippen molar-refractivity contribution in [1.82, 2.24) is 0 Å². The summed E-state index contributed by atoms with van der Waals surface area (Å²) in [5.41, 5.74) is 0. The third-order valence-electron chi connectivity index (χ3n) is 2.40. The van der Waals surface area contributed by atoms with Crippen molar-refractivity contribution in [3.8, 4) is 0 Å². The molecule has 0 saturated carbocycles. The minimum atomic E-state index is 0.0196. The molecule has 0 aliphatic heterocycles. The number of allylic oxidation sites excluding steroid dienone is 1. The van der Waals surface area contributed by atoms with Crippen LogP contribution in [-0.2, 0) is 9.53 Å². The lowest BCUT2D eigenvalue weighted by molar-refractivity contribution is -0.126. The molecule has 0 unspecified atom stereocenters. The summed E-state index contributed by atoms with van der Waals surface area (Å²) in [6.45, 7) is 1.91. The Bertz CT molecular complexity index is 184. The molecule has 0 radical (unpaired) electrons. The largest absolute Gasteiger partial charge is 0.377 e. The van der Waals surface area contributed by atoms with E-state index < -0.39 is 0 Å². The zero-order valence-electron chi connectivity index (χ0n) is 7.75. The Kier molecular flexibility index (Phi) is 3.48. The monoisotopic (exact) mass is 168 g/mol. The van der Waals surface area contributed by atoms with Crippen LogP contribution in [0.15, 0.2) is 12.2 Å². The molecule has 1 aliphatic rings. The van der Waals surface area contributed by atoms with Gasteiger partial charge in [0.2, 0.25) is 0 Å². The van der Waals surface area contributed by atoms with Gasteiger partial charge < -0.3 is 4.74 Å². The molecular formula is C10H16O2. The molecule has 2 atom stereocenters. The molecule has 12 heavy (non-hydrogen) atoms. The van der Waals surface area contributed by atoms with Gasteiger partial charge in [-0.1, -0.05) is 19.1 Å². The van der Waals surface area contributed by atoms with Gasteiger partial charge in [0.15, 0.2) is 0 Å². The molecule has 68 valence electrons. The van der Waals surface area contributed by atoms with Gasteiger partial charge in [-0.15, -0.1) is 0 Å². The molecule has 1 rings (SSSR count). The zero-order valence-corrected chi connectivity index (χ0v) is 7.75. The molecule has 0 fully saturated rings. The number of rotatable bonds is 3. The highest BCUT2D eigenvalue weighted by Crippen LogP contribution is 2.22. The van der Waals surface area contributed by atoms with E-state index >= 15 is 0 Å². The summed E-state index contributed by atoms with van der Waals surface area (Å²) in [6, 6.07) is 0. The van der Waals surface area contributed by atoms with E-state index in [0.717, 1.165) is 12.8 Å². The molecule has 0 aromatic carbocycles. The minimum Gasteiger partial charge on any atom is -0.377 e. The van der Waals surface area contributed by atoms with Crippen molar-refractivity contribution < 1.29 is 9.53 Å². The van der Waals surface area contributed by atoms with Crippen molar-refractivity contribution in [1.29, 1.82) is 0 Å². The van der Waals surface area contributed by atoms with Crippen molar-refractivity contribution in [2.24, 2.45) is 5.92 Å². The van der Waals surface area contributed by atoms with E-state index in [0.29, 0.717) is 12.2 Å². The van der Waals surface area contributed by atoms with E-state index in [4.69, 9.17) is 4.74 Å². The van der Waals surface area contributed by atoms with Gasteiger partial charge in [0.05, 0.1) is 6.10 Å². The quantitative estimate of drug-likeness (QED) is 0.602. The molecule has 0 saturated heterocycles. The van der Waals surface area contributed by atoms with E-state index in [1.54, 1.807) is 7.11 Å². The van der Waals surface area contributed by atoms with E-state index in [1.165, 1.54) is 0 Å². The van der Waals surface area contributed by atoms with Gasteiger partial charge in [-0.3, -0.25) is 4.79 Å². The number of hydrogen-bond donors (Lipinski definition) is 0. The van der Waals surface area contributed by atoms with Crippen molar-refractivity contribution in [2.75, 3.05) is 7.11 Å². The van der Waals surface area contributed by atoms with Crippen molar-refractivity contribution in [3.05, 3.63) is 12.2 Å². The van der Waals surface area contributed by atoms with Crippen LogP contribution in [0.1, 0.15) is 26.2 Å². The Labute approximate surface area is 73.6 Å². The van der Waals surface area contributed by atoms with Crippen molar-refractivity contribution in [3.63, 3.8) is 0 Å². The molecule has 0 N–H and O–H groups in total.